The summed E-state index contributed by atoms with van der Waals surface area (Å²) in [5.41, 5.74) is -2.11. The Labute approximate surface area is 206 Å². The predicted molar refractivity (Wildman–Crippen MR) is 121 cm³/mol. The van der Waals surface area contributed by atoms with Crippen molar-refractivity contribution >= 4 is 16.0 Å². The number of nitrogens with zero attached hydrogens (tertiary/aromatic N) is 5. The van der Waals surface area contributed by atoms with Crippen molar-refractivity contribution in [3.8, 4) is 5.88 Å². The number of hydrogen-bond donors (Lipinski definition) is 2. The van der Waals surface area contributed by atoms with Gasteiger partial charge in [-0.3, -0.25) is 4.68 Å². The molecule has 15 heteroatoms. The molecule has 2 N–H and O–H groups in total. The summed E-state index contributed by atoms with van der Waals surface area (Å²) in [5.74, 6) is -0.579. The Balaban J connectivity index is 1.39. The van der Waals surface area contributed by atoms with Crippen LogP contribution in [0.1, 0.15) is 38.7 Å². The van der Waals surface area contributed by atoms with E-state index in [0.717, 1.165) is 0 Å². The van der Waals surface area contributed by atoms with Gasteiger partial charge in [-0.2, -0.15) is 27.6 Å². The van der Waals surface area contributed by atoms with E-state index in [9.17, 15) is 26.7 Å². The average Bonchev–Trinajstić information content (AvgIpc) is 3.45. The smallest absolute Gasteiger partial charge is 0.423 e. The van der Waals surface area contributed by atoms with Gasteiger partial charge in [0, 0.05) is 37.9 Å². The van der Waals surface area contributed by atoms with E-state index in [1.807, 2.05) is 0 Å². The Morgan fingerprint density at radius 2 is 1.94 bits per heavy atom. The highest BCUT2D eigenvalue weighted by Gasteiger charge is 2.38. The number of sulfonamides is 1. The summed E-state index contributed by atoms with van der Waals surface area (Å²) < 4.78 is 79.5. The maximum atomic E-state index is 13.4. The van der Waals surface area contributed by atoms with Gasteiger partial charge < -0.3 is 19.9 Å². The van der Waals surface area contributed by atoms with Crippen LogP contribution >= 0.6 is 0 Å². The molecule has 2 aromatic rings. The van der Waals surface area contributed by atoms with E-state index >= 15 is 0 Å². The topological polar surface area (TPSA) is 132 Å². The van der Waals surface area contributed by atoms with Crippen LogP contribution in [0.2, 0.25) is 0 Å². The number of halogens is 3. The fourth-order valence-corrected chi connectivity index (χ4v) is 5.44. The number of aromatic nitrogens is 4. The van der Waals surface area contributed by atoms with Crippen molar-refractivity contribution in [2.75, 3.05) is 31.6 Å². The van der Waals surface area contributed by atoms with E-state index in [1.54, 1.807) is 13.8 Å². The molecule has 36 heavy (non-hydrogen) atoms. The molecule has 2 fully saturated rings. The fourth-order valence-electron chi connectivity index (χ4n) is 4.02. The summed E-state index contributed by atoms with van der Waals surface area (Å²) in [6.45, 7) is 4.32. The fraction of sp³-hybridized carbons (Fsp3) is 0.667. The monoisotopic (exact) mass is 534 g/mol. The molecule has 0 saturated carbocycles. The van der Waals surface area contributed by atoms with Crippen LogP contribution in [0.5, 0.6) is 5.88 Å². The lowest BCUT2D eigenvalue weighted by atomic mass is 10.1. The van der Waals surface area contributed by atoms with Gasteiger partial charge in [0.15, 0.2) is 0 Å². The molecule has 2 saturated heterocycles. The number of rotatable bonds is 8. The van der Waals surface area contributed by atoms with Gasteiger partial charge in [0.2, 0.25) is 21.9 Å². The number of alkyl halides is 3. The molecule has 1 atom stereocenters. The minimum absolute atomic E-state index is 0.0221. The van der Waals surface area contributed by atoms with Crippen LogP contribution in [0.3, 0.4) is 0 Å². The van der Waals surface area contributed by atoms with E-state index in [2.05, 4.69) is 20.4 Å². The van der Waals surface area contributed by atoms with Crippen LogP contribution in [0, 0.1) is 0 Å². The van der Waals surface area contributed by atoms with Gasteiger partial charge in [0.25, 0.3) is 0 Å². The largest absolute Gasteiger partial charge is 0.471 e. The number of nitrogens with one attached hydrogen (secondary N) is 1. The molecule has 4 heterocycles. The average molecular weight is 535 g/mol. The van der Waals surface area contributed by atoms with Gasteiger partial charge in [0.1, 0.15) is 16.6 Å². The van der Waals surface area contributed by atoms with Gasteiger partial charge in [-0.15, -0.1) is 0 Å². The molecule has 0 amide bonds. The first kappa shape index (κ1) is 26.6. The highest BCUT2D eigenvalue weighted by molar-refractivity contribution is 7.89. The standard InChI is InChI=1S/C21H29F3N6O5S/c1-20(2,31)13-29-11-16(9-26-29)36(32,33)30-6-3-14(4-7-30)27-19-25-10-17(21(22,23)24)18(28-19)35-15-5-8-34-12-15/h9-11,14-15,31H,3-8,12-13H2,1-2H3,(H,25,27,28)/t15-/m0/s1. The maximum Gasteiger partial charge on any atom is 0.423 e. The minimum Gasteiger partial charge on any atom is -0.471 e. The summed E-state index contributed by atoms with van der Waals surface area (Å²) in [6.07, 6.45) is -0.618. The predicted octanol–water partition coefficient (Wildman–Crippen LogP) is 1.90. The minimum atomic E-state index is -4.67. The highest BCUT2D eigenvalue weighted by Crippen LogP contribution is 2.36. The second-order valence-corrected chi connectivity index (χ2v) is 11.5. The summed E-state index contributed by atoms with van der Waals surface area (Å²) in [6, 6.07) is -0.242. The van der Waals surface area contributed by atoms with Crippen molar-refractivity contribution in [2.24, 2.45) is 0 Å². The van der Waals surface area contributed by atoms with Crippen molar-refractivity contribution in [1.29, 1.82) is 0 Å². The molecule has 0 aliphatic carbocycles. The van der Waals surface area contributed by atoms with Crippen molar-refractivity contribution < 1.29 is 36.2 Å². The number of hydrogen-bond acceptors (Lipinski definition) is 9. The molecule has 4 rings (SSSR count). The number of anilines is 1. The van der Waals surface area contributed by atoms with Crippen molar-refractivity contribution in [3.05, 3.63) is 24.2 Å². The molecule has 0 spiro atoms. The Bertz CT molecular complexity index is 1150. The zero-order chi connectivity index (χ0) is 26.1. The lowest BCUT2D eigenvalue weighted by molar-refractivity contribution is -0.139. The lowest BCUT2D eigenvalue weighted by Crippen LogP contribution is -2.42. The van der Waals surface area contributed by atoms with Crippen molar-refractivity contribution in [3.63, 3.8) is 0 Å². The van der Waals surface area contributed by atoms with Crippen molar-refractivity contribution in [2.45, 2.75) is 68.5 Å². The SMILES string of the molecule is CC(C)(O)Cn1cc(S(=O)(=O)N2CCC(Nc3ncc(C(F)(F)F)c(O[C@H]4CCOC4)n3)CC2)cn1. The summed E-state index contributed by atoms with van der Waals surface area (Å²) in [7, 11) is -3.78. The first-order chi connectivity index (χ1) is 16.8. The van der Waals surface area contributed by atoms with E-state index in [0.29, 0.717) is 32.1 Å². The van der Waals surface area contributed by atoms with Gasteiger partial charge >= 0.3 is 6.18 Å². The van der Waals surface area contributed by atoms with Crippen LogP contribution in [-0.2, 0) is 27.5 Å². The van der Waals surface area contributed by atoms with Gasteiger partial charge in [-0.05, 0) is 26.7 Å². The summed E-state index contributed by atoms with van der Waals surface area (Å²) >= 11 is 0. The molecule has 0 bridgehead atoms. The third-order valence-corrected chi connectivity index (χ3v) is 7.66. The zero-order valence-electron chi connectivity index (χ0n) is 19.9. The van der Waals surface area contributed by atoms with Gasteiger partial charge in [-0.1, -0.05) is 0 Å². The number of piperidine rings is 1. The first-order valence-electron chi connectivity index (χ1n) is 11.5. The molecule has 0 aromatic carbocycles. The van der Waals surface area contributed by atoms with E-state index in [1.165, 1.54) is 21.4 Å². The van der Waals surface area contributed by atoms with E-state index < -0.39 is 39.3 Å². The van der Waals surface area contributed by atoms with E-state index in [-0.39, 0.29) is 43.1 Å². The van der Waals surface area contributed by atoms with Crippen LogP contribution in [0.25, 0.3) is 0 Å². The molecule has 0 unspecified atom stereocenters. The Morgan fingerprint density at radius 3 is 2.56 bits per heavy atom. The molecular formula is C21H29F3N6O5S. The lowest BCUT2D eigenvalue weighted by Gasteiger charge is -2.31. The third-order valence-electron chi connectivity index (χ3n) is 5.81. The van der Waals surface area contributed by atoms with Gasteiger partial charge in [-0.25, -0.2) is 13.4 Å². The molecular weight excluding hydrogens is 505 g/mol. The first-order valence-corrected chi connectivity index (χ1v) is 13.0. The zero-order valence-corrected chi connectivity index (χ0v) is 20.7. The summed E-state index contributed by atoms with van der Waals surface area (Å²) in [4.78, 5) is 7.80. The molecule has 11 nitrogen and oxygen atoms in total. The molecule has 2 aromatic heterocycles. The maximum absolute atomic E-state index is 13.4. The van der Waals surface area contributed by atoms with E-state index in [4.69, 9.17) is 9.47 Å². The second kappa shape index (κ2) is 10.1. The third kappa shape index (κ3) is 6.44. The normalized spacial score (nSPS) is 20.6. The quantitative estimate of drug-likeness (QED) is 0.521. The number of ether oxygens (including phenoxy) is 2. The second-order valence-electron chi connectivity index (χ2n) is 9.52. The van der Waals surface area contributed by atoms with Crippen LogP contribution < -0.4 is 10.1 Å². The molecule has 2 aliphatic rings. The van der Waals surface area contributed by atoms with Crippen LogP contribution in [-0.4, -0.2) is 81.6 Å². The Kier molecular flexibility index (Phi) is 7.46. The molecule has 2 aliphatic heterocycles. The Morgan fingerprint density at radius 1 is 1.22 bits per heavy atom. The highest BCUT2D eigenvalue weighted by atomic mass is 32.2. The van der Waals surface area contributed by atoms with Crippen LogP contribution in [0.15, 0.2) is 23.5 Å². The molecule has 200 valence electrons. The van der Waals surface area contributed by atoms with Crippen molar-refractivity contribution in [1.82, 2.24) is 24.1 Å². The molecule has 0 radical (unpaired) electrons. The van der Waals surface area contributed by atoms with Gasteiger partial charge in [0.05, 0.1) is 31.6 Å². The number of aliphatic hydroxyl groups is 1. The Hall–Kier alpha value is -2.49. The summed E-state index contributed by atoms with van der Waals surface area (Å²) in [5, 5.41) is 16.9. The van der Waals surface area contributed by atoms with Crippen LogP contribution in [0.4, 0.5) is 19.1 Å².